The van der Waals surface area contributed by atoms with Crippen LogP contribution in [-0.4, -0.2) is 0 Å². The number of benzene rings is 5. The number of hydrogen-bond donors (Lipinski definition) is 0. The van der Waals surface area contributed by atoms with Gasteiger partial charge in [0.05, 0.1) is 0 Å². The highest BCUT2D eigenvalue weighted by Gasteiger charge is 2.18. The van der Waals surface area contributed by atoms with Crippen molar-refractivity contribution in [3.8, 4) is 11.1 Å². The average molecular weight is 361 g/mol. The van der Waals surface area contributed by atoms with Crippen molar-refractivity contribution in [1.29, 1.82) is 0 Å². The smallest absolute Gasteiger partial charge is 0.00990 e. The van der Waals surface area contributed by atoms with Gasteiger partial charge in [0.15, 0.2) is 0 Å². The SMILES string of the molecule is CC(C)(C)c1cc2ccc(-c3ccc4ccccc4c3)cc2c2ccccc12. The van der Waals surface area contributed by atoms with Crippen LogP contribution in [0.4, 0.5) is 0 Å². The normalized spacial score (nSPS) is 12.1. The fourth-order valence-electron chi connectivity index (χ4n) is 4.27. The first kappa shape index (κ1) is 17.0. The third-order valence-electron chi connectivity index (χ3n) is 5.75. The van der Waals surface area contributed by atoms with E-state index >= 15 is 0 Å². The molecule has 0 radical (unpaired) electrons. The predicted molar refractivity (Wildman–Crippen MR) is 123 cm³/mol. The Kier molecular flexibility index (Phi) is 3.77. The molecule has 0 aliphatic heterocycles. The number of rotatable bonds is 1. The molecule has 5 aromatic carbocycles. The van der Waals surface area contributed by atoms with Crippen molar-refractivity contribution >= 4 is 32.3 Å². The number of fused-ring (bicyclic) bond motifs is 4. The lowest BCUT2D eigenvalue weighted by atomic mass is 9.81. The Balaban J connectivity index is 1.78. The molecule has 0 heteroatoms. The Bertz CT molecular complexity index is 1330. The van der Waals surface area contributed by atoms with Crippen LogP contribution in [0.25, 0.3) is 43.4 Å². The zero-order chi connectivity index (χ0) is 19.3. The fourth-order valence-corrected chi connectivity index (χ4v) is 4.27. The molecule has 5 rings (SSSR count). The van der Waals surface area contributed by atoms with Gasteiger partial charge in [0.25, 0.3) is 0 Å². The highest BCUT2D eigenvalue weighted by Crippen LogP contribution is 2.37. The molecule has 0 spiro atoms. The molecule has 0 heterocycles. The van der Waals surface area contributed by atoms with Gasteiger partial charge in [-0.3, -0.25) is 0 Å². The van der Waals surface area contributed by atoms with E-state index < -0.39 is 0 Å². The van der Waals surface area contributed by atoms with Crippen molar-refractivity contribution in [3.05, 3.63) is 96.6 Å². The van der Waals surface area contributed by atoms with Crippen LogP contribution in [-0.2, 0) is 5.41 Å². The van der Waals surface area contributed by atoms with Gasteiger partial charge < -0.3 is 0 Å². The molecule has 5 aromatic rings. The molecule has 136 valence electrons. The Morgan fingerprint density at radius 2 is 1.07 bits per heavy atom. The standard InChI is InChI=1S/C28H24/c1-28(2,3)27-18-23-15-14-22(17-26(23)24-10-6-7-11-25(24)27)21-13-12-19-8-4-5-9-20(19)16-21/h4-18H,1-3H3. The summed E-state index contributed by atoms with van der Waals surface area (Å²) >= 11 is 0. The first-order valence-corrected chi connectivity index (χ1v) is 9.96. The molecule has 0 nitrogen and oxygen atoms in total. The Morgan fingerprint density at radius 3 is 1.82 bits per heavy atom. The van der Waals surface area contributed by atoms with Gasteiger partial charge in [-0.1, -0.05) is 93.6 Å². The van der Waals surface area contributed by atoms with E-state index in [2.05, 4.69) is 112 Å². The monoisotopic (exact) mass is 360 g/mol. The summed E-state index contributed by atoms with van der Waals surface area (Å²) < 4.78 is 0. The largest absolute Gasteiger partial charge is 0.0616 e. The van der Waals surface area contributed by atoms with Gasteiger partial charge in [-0.05, 0) is 72.6 Å². The van der Waals surface area contributed by atoms with Crippen LogP contribution in [0.2, 0.25) is 0 Å². The van der Waals surface area contributed by atoms with E-state index in [4.69, 9.17) is 0 Å². The van der Waals surface area contributed by atoms with Crippen molar-refractivity contribution in [2.45, 2.75) is 26.2 Å². The minimum Gasteiger partial charge on any atom is -0.0616 e. The molecule has 0 unspecified atom stereocenters. The maximum Gasteiger partial charge on any atom is -0.00990 e. The molecular formula is C28H24. The van der Waals surface area contributed by atoms with Crippen LogP contribution in [0.3, 0.4) is 0 Å². The Morgan fingerprint density at radius 1 is 0.464 bits per heavy atom. The maximum absolute atomic E-state index is 2.38. The molecule has 0 atom stereocenters. The third kappa shape index (κ3) is 2.77. The zero-order valence-corrected chi connectivity index (χ0v) is 16.7. The highest BCUT2D eigenvalue weighted by atomic mass is 14.2. The average Bonchev–Trinajstić information content (AvgIpc) is 2.71. The second-order valence-corrected chi connectivity index (χ2v) is 8.72. The third-order valence-corrected chi connectivity index (χ3v) is 5.75. The Labute approximate surface area is 166 Å². The maximum atomic E-state index is 2.38. The lowest BCUT2D eigenvalue weighted by molar-refractivity contribution is 0.596. The summed E-state index contributed by atoms with van der Waals surface area (Å²) in [6.45, 7) is 6.89. The van der Waals surface area contributed by atoms with Crippen molar-refractivity contribution in [2.24, 2.45) is 0 Å². The fraction of sp³-hybridized carbons (Fsp3) is 0.143. The summed E-state index contributed by atoms with van der Waals surface area (Å²) in [6, 6.07) is 33.4. The second kappa shape index (κ2) is 6.21. The van der Waals surface area contributed by atoms with Crippen LogP contribution < -0.4 is 0 Å². The van der Waals surface area contributed by atoms with Gasteiger partial charge in [-0.15, -0.1) is 0 Å². The minimum atomic E-state index is 0.116. The van der Waals surface area contributed by atoms with Crippen LogP contribution in [0, 0.1) is 0 Å². The van der Waals surface area contributed by atoms with Crippen LogP contribution in [0.1, 0.15) is 26.3 Å². The van der Waals surface area contributed by atoms with Gasteiger partial charge in [0.2, 0.25) is 0 Å². The molecule has 0 fully saturated rings. The summed E-state index contributed by atoms with van der Waals surface area (Å²) in [6.07, 6.45) is 0. The Hall–Kier alpha value is -3.12. The number of hydrogen-bond acceptors (Lipinski definition) is 0. The summed E-state index contributed by atoms with van der Waals surface area (Å²) in [5, 5.41) is 7.91. The lowest BCUT2D eigenvalue weighted by Gasteiger charge is -2.23. The summed E-state index contributed by atoms with van der Waals surface area (Å²) in [5.74, 6) is 0. The van der Waals surface area contributed by atoms with Crippen LogP contribution in [0.15, 0.2) is 91.0 Å². The first-order chi connectivity index (χ1) is 13.5. The quantitative estimate of drug-likeness (QED) is 0.265. The van der Waals surface area contributed by atoms with E-state index in [9.17, 15) is 0 Å². The summed E-state index contributed by atoms with van der Waals surface area (Å²) in [4.78, 5) is 0. The minimum absolute atomic E-state index is 0.116. The molecule has 0 aromatic heterocycles. The molecule has 0 aliphatic rings. The lowest BCUT2D eigenvalue weighted by Crippen LogP contribution is -2.11. The van der Waals surface area contributed by atoms with Crippen molar-refractivity contribution in [2.75, 3.05) is 0 Å². The highest BCUT2D eigenvalue weighted by molar-refractivity contribution is 6.10. The predicted octanol–water partition coefficient (Wildman–Crippen LogP) is 8.11. The summed E-state index contributed by atoms with van der Waals surface area (Å²) in [5.41, 5.74) is 4.07. The van der Waals surface area contributed by atoms with E-state index in [0.29, 0.717) is 0 Å². The second-order valence-electron chi connectivity index (χ2n) is 8.72. The van der Waals surface area contributed by atoms with Crippen molar-refractivity contribution in [3.63, 3.8) is 0 Å². The van der Waals surface area contributed by atoms with Gasteiger partial charge in [-0.2, -0.15) is 0 Å². The van der Waals surface area contributed by atoms with Crippen molar-refractivity contribution < 1.29 is 0 Å². The molecule has 0 N–H and O–H groups in total. The van der Waals surface area contributed by atoms with Gasteiger partial charge >= 0.3 is 0 Å². The van der Waals surface area contributed by atoms with E-state index in [0.717, 1.165) is 0 Å². The first-order valence-electron chi connectivity index (χ1n) is 9.96. The van der Waals surface area contributed by atoms with Crippen LogP contribution >= 0.6 is 0 Å². The molecular weight excluding hydrogens is 336 g/mol. The van der Waals surface area contributed by atoms with Crippen molar-refractivity contribution in [1.82, 2.24) is 0 Å². The van der Waals surface area contributed by atoms with E-state index in [1.807, 2.05) is 0 Å². The topological polar surface area (TPSA) is 0 Å². The van der Waals surface area contributed by atoms with E-state index in [1.165, 1.54) is 49.0 Å². The molecule has 0 amide bonds. The summed E-state index contributed by atoms with van der Waals surface area (Å²) in [7, 11) is 0. The van der Waals surface area contributed by atoms with Gasteiger partial charge in [0, 0.05) is 0 Å². The zero-order valence-electron chi connectivity index (χ0n) is 16.7. The molecule has 0 saturated carbocycles. The molecule has 28 heavy (non-hydrogen) atoms. The molecule has 0 saturated heterocycles. The van der Waals surface area contributed by atoms with E-state index in [1.54, 1.807) is 0 Å². The van der Waals surface area contributed by atoms with E-state index in [-0.39, 0.29) is 5.41 Å². The van der Waals surface area contributed by atoms with Crippen LogP contribution in [0.5, 0.6) is 0 Å². The van der Waals surface area contributed by atoms with Gasteiger partial charge in [-0.25, -0.2) is 0 Å². The molecule has 0 aliphatic carbocycles. The molecule has 0 bridgehead atoms. The van der Waals surface area contributed by atoms with Gasteiger partial charge in [0.1, 0.15) is 0 Å².